The number of thiazole rings is 1. The molecule has 0 bridgehead atoms. The van der Waals surface area contributed by atoms with Crippen LogP contribution in [0.4, 0.5) is 9.93 Å². The van der Waals surface area contributed by atoms with Crippen LogP contribution in [-0.2, 0) is 21.7 Å². The summed E-state index contributed by atoms with van der Waals surface area (Å²) < 4.78 is 0. The highest BCUT2D eigenvalue weighted by Gasteiger charge is 2.49. The molecule has 4 rings (SSSR count). The highest BCUT2D eigenvalue weighted by Crippen LogP contribution is 2.29. The molecule has 2 aliphatic heterocycles. The number of imide groups is 1. The number of likely N-dealkylation sites (tertiary alicyclic amines) is 1. The Balaban J connectivity index is 1.36. The number of hydrogen-bond acceptors (Lipinski definition) is 6. The molecule has 0 spiro atoms. The summed E-state index contributed by atoms with van der Waals surface area (Å²) in [5, 5.41) is 7.87. The fraction of sp³-hybridized carbons (Fsp3) is 0.478. The summed E-state index contributed by atoms with van der Waals surface area (Å²) in [6.45, 7) is 8.40. The maximum Gasteiger partial charge on any atom is 0.325 e. The van der Waals surface area contributed by atoms with Crippen LogP contribution in [0.3, 0.4) is 0 Å². The molecule has 9 heteroatoms. The van der Waals surface area contributed by atoms with E-state index in [0.717, 1.165) is 35.8 Å². The van der Waals surface area contributed by atoms with Crippen molar-refractivity contribution in [2.24, 2.45) is 5.92 Å². The number of anilines is 1. The first-order valence-corrected chi connectivity index (χ1v) is 11.8. The Bertz CT molecular complexity index is 1020. The van der Waals surface area contributed by atoms with Crippen molar-refractivity contribution in [1.82, 2.24) is 20.1 Å². The third-order valence-corrected chi connectivity index (χ3v) is 6.94. The molecule has 1 aromatic carbocycles. The van der Waals surface area contributed by atoms with Crippen molar-refractivity contribution in [2.45, 2.75) is 45.7 Å². The first-order chi connectivity index (χ1) is 15.2. The largest absolute Gasteiger partial charge is 0.325 e. The summed E-state index contributed by atoms with van der Waals surface area (Å²) in [6, 6.07) is 6.83. The molecule has 2 fully saturated rings. The van der Waals surface area contributed by atoms with Gasteiger partial charge in [-0.3, -0.25) is 19.4 Å². The van der Waals surface area contributed by atoms with E-state index in [-0.39, 0.29) is 6.54 Å². The van der Waals surface area contributed by atoms with E-state index >= 15 is 0 Å². The molecule has 0 saturated carbocycles. The van der Waals surface area contributed by atoms with E-state index in [0.29, 0.717) is 16.6 Å². The maximum absolute atomic E-state index is 13.0. The van der Waals surface area contributed by atoms with Crippen molar-refractivity contribution in [2.75, 3.05) is 25.0 Å². The zero-order chi connectivity index (χ0) is 22.9. The van der Waals surface area contributed by atoms with Crippen LogP contribution in [0.1, 0.15) is 43.5 Å². The van der Waals surface area contributed by atoms with E-state index in [1.165, 1.54) is 24.2 Å². The van der Waals surface area contributed by atoms with Crippen LogP contribution in [0, 0.1) is 12.8 Å². The van der Waals surface area contributed by atoms with Gasteiger partial charge in [0.05, 0.1) is 5.69 Å². The summed E-state index contributed by atoms with van der Waals surface area (Å²) >= 11 is 1.35. The Kier molecular flexibility index (Phi) is 6.30. The smallest absolute Gasteiger partial charge is 0.319 e. The predicted molar refractivity (Wildman–Crippen MR) is 123 cm³/mol. The third kappa shape index (κ3) is 4.68. The molecule has 2 N–H and O–H groups in total. The van der Waals surface area contributed by atoms with Gasteiger partial charge in [0, 0.05) is 18.5 Å². The number of nitrogens with zero attached hydrogens (tertiary/aromatic N) is 3. The minimum Gasteiger partial charge on any atom is -0.319 e. The van der Waals surface area contributed by atoms with Crippen molar-refractivity contribution in [3.8, 4) is 0 Å². The maximum atomic E-state index is 13.0. The predicted octanol–water partition coefficient (Wildman–Crippen LogP) is 3.09. The molecular formula is C23H29N5O3S. The number of nitrogens with one attached hydrogen (secondary N) is 2. The normalized spacial score (nSPS) is 24.0. The van der Waals surface area contributed by atoms with Gasteiger partial charge in [-0.1, -0.05) is 36.8 Å². The number of amides is 4. The van der Waals surface area contributed by atoms with Gasteiger partial charge < -0.3 is 10.6 Å². The quantitative estimate of drug-likeness (QED) is 0.653. The first kappa shape index (κ1) is 22.4. The van der Waals surface area contributed by atoms with Crippen molar-refractivity contribution in [1.29, 1.82) is 0 Å². The highest BCUT2D eigenvalue weighted by atomic mass is 32.1. The molecule has 1 aromatic heterocycles. The monoisotopic (exact) mass is 455 g/mol. The van der Waals surface area contributed by atoms with Gasteiger partial charge in [-0.2, -0.15) is 0 Å². The van der Waals surface area contributed by atoms with Crippen LogP contribution >= 0.6 is 11.3 Å². The summed E-state index contributed by atoms with van der Waals surface area (Å²) in [4.78, 5) is 45.9. The number of hydrogen-bond donors (Lipinski definition) is 2. The number of aryl methyl sites for hydroxylation is 1. The van der Waals surface area contributed by atoms with E-state index in [1.807, 2.05) is 36.6 Å². The second kappa shape index (κ2) is 8.99. The molecule has 2 aliphatic rings. The molecule has 8 nitrogen and oxygen atoms in total. The fourth-order valence-electron chi connectivity index (χ4n) is 4.32. The Morgan fingerprint density at radius 3 is 2.78 bits per heavy atom. The molecule has 2 atom stereocenters. The fourth-order valence-corrected chi connectivity index (χ4v) is 5.04. The number of aromatic nitrogens is 1. The van der Waals surface area contributed by atoms with Crippen LogP contribution < -0.4 is 10.6 Å². The number of carbonyl (C=O) groups is 3. The summed E-state index contributed by atoms with van der Waals surface area (Å²) in [7, 11) is 0. The Hall–Kier alpha value is -2.78. The summed E-state index contributed by atoms with van der Waals surface area (Å²) in [5.41, 5.74) is 1.47. The Morgan fingerprint density at radius 2 is 2.06 bits per heavy atom. The standard InChI is InChI=1S/C23H29N5O3S/c1-15-6-8-17(9-7-15)23(3)20(30)28(22(31)26-23)13-19(29)25-21-24-18(14-32-21)12-27-10-4-5-16(2)11-27/h6-9,14,16H,4-5,10-13H2,1-3H3,(H,26,31)(H,24,25,29)/t16-,23+/m0/s1. The molecule has 32 heavy (non-hydrogen) atoms. The molecule has 4 amide bonds. The minimum atomic E-state index is -1.19. The van der Waals surface area contributed by atoms with Crippen molar-refractivity contribution in [3.05, 3.63) is 46.5 Å². The van der Waals surface area contributed by atoms with Gasteiger partial charge in [0.15, 0.2) is 5.13 Å². The van der Waals surface area contributed by atoms with Crippen LogP contribution in [0.5, 0.6) is 0 Å². The lowest BCUT2D eigenvalue weighted by molar-refractivity contribution is -0.133. The second-order valence-corrected chi connectivity index (χ2v) is 9.85. The number of carbonyl (C=O) groups excluding carboxylic acids is 3. The van der Waals surface area contributed by atoms with Gasteiger partial charge in [-0.25, -0.2) is 9.78 Å². The van der Waals surface area contributed by atoms with E-state index < -0.39 is 23.4 Å². The highest BCUT2D eigenvalue weighted by molar-refractivity contribution is 7.13. The Labute approximate surface area is 192 Å². The van der Waals surface area contributed by atoms with Gasteiger partial charge in [-0.15, -0.1) is 11.3 Å². The molecule has 2 aromatic rings. The van der Waals surface area contributed by atoms with E-state index in [2.05, 4.69) is 27.4 Å². The topological polar surface area (TPSA) is 94.6 Å². The first-order valence-electron chi connectivity index (χ1n) is 10.9. The average molecular weight is 456 g/mol. The number of rotatable bonds is 6. The molecule has 2 saturated heterocycles. The zero-order valence-electron chi connectivity index (χ0n) is 18.7. The average Bonchev–Trinajstić information content (AvgIpc) is 3.26. The molecule has 0 radical (unpaired) electrons. The van der Waals surface area contributed by atoms with Crippen LogP contribution in [0.25, 0.3) is 0 Å². The van der Waals surface area contributed by atoms with Crippen LogP contribution in [0.2, 0.25) is 0 Å². The van der Waals surface area contributed by atoms with E-state index in [1.54, 1.807) is 6.92 Å². The van der Waals surface area contributed by atoms with E-state index in [9.17, 15) is 14.4 Å². The lowest BCUT2D eigenvalue weighted by Crippen LogP contribution is -2.42. The Morgan fingerprint density at radius 1 is 1.31 bits per heavy atom. The van der Waals surface area contributed by atoms with Crippen LogP contribution in [-0.4, -0.2) is 52.3 Å². The molecule has 0 aliphatic carbocycles. The van der Waals surface area contributed by atoms with E-state index in [4.69, 9.17) is 0 Å². The molecule has 3 heterocycles. The van der Waals surface area contributed by atoms with Crippen molar-refractivity contribution in [3.63, 3.8) is 0 Å². The molecular weight excluding hydrogens is 426 g/mol. The second-order valence-electron chi connectivity index (χ2n) is 8.99. The number of piperidine rings is 1. The van der Waals surface area contributed by atoms with Crippen molar-refractivity contribution >= 4 is 34.3 Å². The lowest BCUT2D eigenvalue weighted by atomic mass is 9.91. The van der Waals surface area contributed by atoms with Gasteiger partial charge in [-0.05, 0) is 44.7 Å². The van der Waals surface area contributed by atoms with Gasteiger partial charge in [0.25, 0.3) is 5.91 Å². The summed E-state index contributed by atoms with van der Waals surface area (Å²) in [5.74, 6) is -0.203. The van der Waals surface area contributed by atoms with Gasteiger partial charge in [0.2, 0.25) is 5.91 Å². The van der Waals surface area contributed by atoms with Gasteiger partial charge >= 0.3 is 6.03 Å². The number of urea groups is 1. The van der Waals surface area contributed by atoms with Crippen LogP contribution in [0.15, 0.2) is 29.6 Å². The SMILES string of the molecule is Cc1ccc([C@@]2(C)NC(=O)N(CC(=O)Nc3nc(CN4CCC[C@H](C)C4)cs3)C2=O)cc1. The minimum absolute atomic E-state index is 0.356. The lowest BCUT2D eigenvalue weighted by Gasteiger charge is -2.30. The third-order valence-electron chi connectivity index (χ3n) is 6.13. The van der Waals surface area contributed by atoms with Crippen molar-refractivity contribution < 1.29 is 14.4 Å². The van der Waals surface area contributed by atoms with Gasteiger partial charge in [0.1, 0.15) is 12.1 Å². The number of benzene rings is 1. The summed E-state index contributed by atoms with van der Waals surface area (Å²) in [6.07, 6.45) is 2.46. The zero-order valence-corrected chi connectivity index (χ0v) is 19.5. The molecule has 170 valence electrons. The molecule has 0 unspecified atom stereocenters.